The topological polar surface area (TPSA) is 245 Å². The Labute approximate surface area is 321 Å². The van der Waals surface area contributed by atoms with Gasteiger partial charge in [-0.25, -0.2) is 0 Å². The molecular formula is C39H78N10O4. The van der Waals surface area contributed by atoms with Gasteiger partial charge in [-0.3, -0.25) is 29.2 Å². The molecule has 2 atom stereocenters. The lowest BCUT2D eigenvalue weighted by Gasteiger charge is -2.19. The molecule has 0 saturated heterocycles. The van der Waals surface area contributed by atoms with Gasteiger partial charge in [0.25, 0.3) is 0 Å². The van der Waals surface area contributed by atoms with E-state index in [-0.39, 0.29) is 35.5 Å². The number of guanidine groups is 2. The molecule has 0 aliphatic carbocycles. The lowest BCUT2D eigenvalue weighted by Crippen LogP contribution is -2.48. The quantitative estimate of drug-likeness (QED) is 0.0256. The number of nitrogens with one attached hydrogen (secondary N) is 4. The van der Waals surface area contributed by atoms with Crippen molar-refractivity contribution in [3.8, 4) is 0 Å². The van der Waals surface area contributed by atoms with Crippen LogP contribution in [0.5, 0.6) is 0 Å². The fourth-order valence-corrected chi connectivity index (χ4v) is 6.03. The summed E-state index contributed by atoms with van der Waals surface area (Å²) in [5.41, 5.74) is 21.7. The first-order chi connectivity index (χ1) is 25.6. The van der Waals surface area contributed by atoms with E-state index in [2.05, 4.69) is 45.1 Å². The van der Waals surface area contributed by atoms with E-state index in [0.29, 0.717) is 71.1 Å². The normalized spacial score (nSPS) is 12.0. The van der Waals surface area contributed by atoms with Gasteiger partial charge in [0.2, 0.25) is 23.6 Å². The number of amides is 4. The first-order valence-corrected chi connectivity index (χ1v) is 20.9. The predicted molar refractivity (Wildman–Crippen MR) is 218 cm³/mol. The minimum absolute atomic E-state index is 0.0168. The van der Waals surface area contributed by atoms with Crippen molar-refractivity contribution in [2.24, 2.45) is 32.9 Å². The zero-order chi connectivity index (χ0) is 39.4. The maximum atomic E-state index is 13.1. The van der Waals surface area contributed by atoms with Crippen LogP contribution in [0.3, 0.4) is 0 Å². The average molecular weight is 751 g/mol. The van der Waals surface area contributed by atoms with E-state index >= 15 is 0 Å². The average Bonchev–Trinajstić information content (AvgIpc) is 3.12. The molecule has 0 bridgehead atoms. The van der Waals surface area contributed by atoms with Gasteiger partial charge < -0.3 is 44.2 Å². The van der Waals surface area contributed by atoms with Crippen LogP contribution in [-0.2, 0) is 19.2 Å². The number of hydrogen-bond acceptors (Lipinski definition) is 6. The summed E-state index contributed by atoms with van der Waals surface area (Å²) in [5.74, 6) is -0.903. The highest BCUT2D eigenvalue weighted by Crippen LogP contribution is 2.12. The number of nitrogens with zero attached hydrogens (tertiary/aromatic N) is 2. The van der Waals surface area contributed by atoms with Gasteiger partial charge in [-0.1, -0.05) is 117 Å². The Hall–Kier alpha value is -3.58. The Kier molecular flexibility index (Phi) is 33.1. The summed E-state index contributed by atoms with van der Waals surface area (Å²) in [4.78, 5) is 59.5. The molecule has 308 valence electrons. The molecule has 0 aromatic carbocycles. The number of hydrogen-bond donors (Lipinski definition) is 8. The molecule has 14 nitrogen and oxygen atoms in total. The minimum atomic E-state index is -0.708. The van der Waals surface area contributed by atoms with E-state index in [9.17, 15) is 19.2 Å². The third-order valence-electron chi connectivity index (χ3n) is 9.16. The molecule has 0 rings (SSSR count). The van der Waals surface area contributed by atoms with Crippen molar-refractivity contribution in [2.75, 3.05) is 26.2 Å². The number of unbranched alkanes of at least 4 members (excludes halogenated alkanes) is 16. The van der Waals surface area contributed by atoms with Crippen LogP contribution >= 0.6 is 0 Å². The van der Waals surface area contributed by atoms with Crippen LogP contribution in [0.1, 0.15) is 174 Å². The molecular weight excluding hydrogens is 672 g/mol. The highest BCUT2D eigenvalue weighted by Gasteiger charge is 2.21. The Balaban J connectivity index is 4.75. The Morgan fingerprint density at radius 2 is 0.774 bits per heavy atom. The van der Waals surface area contributed by atoms with Gasteiger partial charge >= 0.3 is 0 Å². The molecule has 0 fully saturated rings. The lowest BCUT2D eigenvalue weighted by atomic mass is 10.1. The molecule has 0 radical (unpaired) electrons. The molecule has 0 saturated carbocycles. The van der Waals surface area contributed by atoms with Gasteiger partial charge in [-0.05, 0) is 44.9 Å². The third-order valence-corrected chi connectivity index (χ3v) is 9.16. The van der Waals surface area contributed by atoms with E-state index in [4.69, 9.17) is 22.9 Å². The van der Waals surface area contributed by atoms with Gasteiger partial charge in [-0.2, -0.15) is 0 Å². The number of aliphatic imine (C=N–C) groups is 2. The Morgan fingerprint density at radius 3 is 1.09 bits per heavy atom. The van der Waals surface area contributed by atoms with Crippen molar-refractivity contribution < 1.29 is 19.2 Å². The van der Waals surface area contributed by atoms with Crippen LogP contribution < -0.4 is 44.2 Å². The summed E-state index contributed by atoms with van der Waals surface area (Å²) in [5, 5.41) is 11.5. The summed E-state index contributed by atoms with van der Waals surface area (Å²) in [6.45, 7) is 5.75. The predicted octanol–water partition coefficient (Wildman–Crippen LogP) is 4.53. The van der Waals surface area contributed by atoms with E-state index < -0.39 is 12.1 Å². The molecule has 14 heteroatoms. The van der Waals surface area contributed by atoms with Crippen LogP contribution in [0.25, 0.3) is 0 Å². The Morgan fingerprint density at radius 1 is 0.453 bits per heavy atom. The molecule has 0 aliphatic heterocycles. The molecule has 0 aromatic heterocycles. The summed E-state index contributed by atoms with van der Waals surface area (Å²) in [6.07, 6.45) is 23.9. The molecule has 12 N–H and O–H groups in total. The van der Waals surface area contributed by atoms with Gasteiger partial charge in [-0.15, -0.1) is 0 Å². The second-order valence-electron chi connectivity index (χ2n) is 14.2. The van der Waals surface area contributed by atoms with Crippen LogP contribution in [0.4, 0.5) is 0 Å². The summed E-state index contributed by atoms with van der Waals surface area (Å²) in [6, 6.07) is -1.42. The molecule has 2 unspecified atom stereocenters. The van der Waals surface area contributed by atoms with Gasteiger partial charge in [0.05, 0.1) is 0 Å². The monoisotopic (exact) mass is 751 g/mol. The van der Waals surface area contributed by atoms with Crippen molar-refractivity contribution in [3.05, 3.63) is 0 Å². The highest BCUT2D eigenvalue weighted by molar-refractivity contribution is 5.88. The van der Waals surface area contributed by atoms with Crippen molar-refractivity contribution in [1.82, 2.24) is 21.3 Å². The second-order valence-corrected chi connectivity index (χ2v) is 14.2. The van der Waals surface area contributed by atoms with Crippen LogP contribution in [0, 0.1) is 0 Å². The van der Waals surface area contributed by atoms with E-state index in [1.807, 2.05) is 0 Å². The number of carbonyl (C=O) groups excluding carboxylic acids is 4. The zero-order valence-corrected chi connectivity index (χ0v) is 33.5. The van der Waals surface area contributed by atoms with Gasteiger partial charge in [0.1, 0.15) is 12.1 Å². The zero-order valence-electron chi connectivity index (χ0n) is 33.5. The second kappa shape index (κ2) is 35.4. The summed E-state index contributed by atoms with van der Waals surface area (Å²) < 4.78 is 0. The van der Waals surface area contributed by atoms with E-state index in [1.165, 1.54) is 77.0 Å². The lowest BCUT2D eigenvalue weighted by molar-refractivity contribution is -0.129. The molecule has 0 aromatic rings. The highest BCUT2D eigenvalue weighted by atomic mass is 16.2. The first kappa shape index (κ1) is 49.4. The SMILES string of the molecule is CCCCCCCCCCCC(=O)NC(CCCN=C(N)N)C(=O)NCCCNC(=O)C(CCCN=C(N)N)NC(=O)CCCCCCCCCCC. The van der Waals surface area contributed by atoms with Crippen LogP contribution in [-0.4, -0.2) is 73.8 Å². The number of carbonyl (C=O) groups is 4. The van der Waals surface area contributed by atoms with E-state index in [0.717, 1.165) is 38.5 Å². The number of nitrogens with two attached hydrogens (primary N) is 4. The summed E-state index contributed by atoms with van der Waals surface area (Å²) in [7, 11) is 0. The van der Waals surface area contributed by atoms with Crippen molar-refractivity contribution >= 4 is 35.5 Å². The van der Waals surface area contributed by atoms with E-state index in [1.54, 1.807) is 0 Å². The molecule has 0 heterocycles. The van der Waals surface area contributed by atoms with Gasteiger partial charge in [0, 0.05) is 39.0 Å². The van der Waals surface area contributed by atoms with Crippen molar-refractivity contribution in [3.63, 3.8) is 0 Å². The largest absolute Gasteiger partial charge is 0.370 e. The molecule has 0 spiro atoms. The smallest absolute Gasteiger partial charge is 0.242 e. The molecule has 4 amide bonds. The summed E-state index contributed by atoms with van der Waals surface area (Å²) >= 11 is 0. The van der Waals surface area contributed by atoms with Gasteiger partial charge in [0.15, 0.2) is 11.9 Å². The fourth-order valence-electron chi connectivity index (χ4n) is 6.03. The van der Waals surface area contributed by atoms with Crippen molar-refractivity contribution in [1.29, 1.82) is 0 Å². The standard InChI is InChI=1S/C39H78N10O4/c1-3-5-7-9-11-13-15-17-19-26-34(50)48-32(24-21-28-46-38(40)41)36(52)44-30-23-31-45-37(53)33(25-22-29-47-39(42)43)49-35(51)27-20-18-16-14-12-10-8-6-4-2/h32-33H,3-31H2,1-2H3,(H,44,52)(H,45,53)(H,48,50)(H,49,51)(H4,40,41,46)(H4,42,43,47). The maximum absolute atomic E-state index is 13.1. The van der Waals surface area contributed by atoms with Crippen LogP contribution in [0.2, 0.25) is 0 Å². The minimum Gasteiger partial charge on any atom is -0.370 e. The first-order valence-electron chi connectivity index (χ1n) is 20.9. The van der Waals surface area contributed by atoms with Crippen molar-refractivity contribution in [2.45, 2.75) is 186 Å². The Bertz CT molecular complexity index is 938. The fraction of sp³-hybridized carbons (Fsp3) is 0.846. The molecule has 53 heavy (non-hydrogen) atoms. The molecule has 0 aliphatic rings. The maximum Gasteiger partial charge on any atom is 0.242 e. The van der Waals surface area contributed by atoms with Crippen LogP contribution in [0.15, 0.2) is 9.98 Å². The number of rotatable bonds is 36. The third kappa shape index (κ3) is 32.8.